The molecule has 0 amide bonds. The maximum Gasteiger partial charge on any atom is 0.0870 e. The summed E-state index contributed by atoms with van der Waals surface area (Å²) in [4.78, 5) is 3.10. The van der Waals surface area contributed by atoms with Crippen molar-refractivity contribution < 1.29 is 0 Å². The second kappa shape index (κ2) is 5.55. The Morgan fingerprint density at radius 3 is 2.92 bits per heavy atom. The average molecular weight is 200 g/mol. The van der Waals surface area contributed by atoms with E-state index >= 15 is 0 Å². The van der Waals surface area contributed by atoms with Gasteiger partial charge in [0, 0.05) is 12.6 Å². The number of thiocarbonyl (C=S) groups is 1. The van der Waals surface area contributed by atoms with Crippen LogP contribution in [0, 0.1) is 0 Å². The lowest BCUT2D eigenvalue weighted by Gasteiger charge is -2.35. The number of piperidine rings is 1. The van der Waals surface area contributed by atoms with Crippen molar-refractivity contribution in [3.8, 4) is 0 Å². The van der Waals surface area contributed by atoms with Gasteiger partial charge in [0.15, 0.2) is 0 Å². The van der Waals surface area contributed by atoms with E-state index in [9.17, 15) is 0 Å². The molecule has 1 heterocycles. The van der Waals surface area contributed by atoms with Crippen molar-refractivity contribution in [3.63, 3.8) is 0 Å². The maximum absolute atomic E-state index is 5.57. The van der Waals surface area contributed by atoms with E-state index in [-0.39, 0.29) is 0 Å². The maximum atomic E-state index is 5.57. The third-order valence-corrected chi connectivity index (χ3v) is 2.86. The SMILES string of the molecule is CCCC1CCCCN1CC(N)=S. The fourth-order valence-corrected chi connectivity index (χ4v) is 2.29. The van der Waals surface area contributed by atoms with Crippen LogP contribution in [-0.2, 0) is 0 Å². The molecule has 1 unspecified atom stereocenters. The first-order valence-corrected chi connectivity index (χ1v) is 5.67. The molecule has 1 saturated heterocycles. The third-order valence-electron chi connectivity index (χ3n) is 2.73. The zero-order valence-corrected chi connectivity index (χ0v) is 9.28. The van der Waals surface area contributed by atoms with E-state index in [1.807, 2.05) is 0 Å². The normalized spacial score (nSPS) is 24.5. The predicted molar refractivity (Wildman–Crippen MR) is 60.9 cm³/mol. The van der Waals surface area contributed by atoms with Crippen molar-refractivity contribution in [2.75, 3.05) is 13.1 Å². The molecule has 0 bridgehead atoms. The Morgan fingerprint density at radius 2 is 2.31 bits per heavy atom. The number of likely N-dealkylation sites (tertiary alicyclic amines) is 1. The van der Waals surface area contributed by atoms with Gasteiger partial charge in [-0.05, 0) is 25.8 Å². The van der Waals surface area contributed by atoms with Crippen LogP contribution in [0.15, 0.2) is 0 Å². The van der Waals surface area contributed by atoms with Gasteiger partial charge in [0.2, 0.25) is 0 Å². The van der Waals surface area contributed by atoms with E-state index in [0.29, 0.717) is 4.99 Å². The van der Waals surface area contributed by atoms with Crippen molar-refractivity contribution in [1.29, 1.82) is 0 Å². The molecule has 0 saturated carbocycles. The molecular weight excluding hydrogens is 180 g/mol. The monoisotopic (exact) mass is 200 g/mol. The van der Waals surface area contributed by atoms with Gasteiger partial charge in [-0.25, -0.2) is 0 Å². The van der Waals surface area contributed by atoms with Gasteiger partial charge in [0.25, 0.3) is 0 Å². The Hall–Kier alpha value is -0.150. The second-order valence-corrected chi connectivity index (χ2v) is 4.40. The summed E-state index contributed by atoms with van der Waals surface area (Å²) >= 11 is 4.95. The molecule has 1 aliphatic rings. The fourth-order valence-electron chi connectivity index (χ4n) is 2.13. The van der Waals surface area contributed by atoms with Gasteiger partial charge in [0.05, 0.1) is 4.99 Å². The highest BCUT2D eigenvalue weighted by Gasteiger charge is 2.21. The van der Waals surface area contributed by atoms with Gasteiger partial charge in [-0.15, -0.1) is 0 Å². The van der Waals surface area contributed by atoms with E-state index in [4.69, 9.17) is 18.0 Å². The Labute approximate surface area is 86.5 Å². The second-order valence-electron chi connectivity index (χ2n) is 3.88. The number of rotatable bonds is 4. The first-order chi connectivity index (χ1) is 6.24. The molecule has 3 heteroatoms. The van der Waals surface area contributed by atoms with Crippen molar-refractivity contribution in [1.82, 2.24) is 4.90 Å². The van der Waals surface area contributed by atoms with Gasteiger partial charge in [0.1, 0.15) is 0 Å². The van der Waals surface area contributed by atoms with Gasteiger partial charge in [-0.1, -0.05) is 32.0 Å². The Bertz CT molecular complexity index is 168. The smallest absolute Gasteiger partial charge is 0.0870 e. The first kappa shape index (κ1) is 10.9. The number of nitrogens with two attached hydrogens (primary N) is 1. The van der Waals surface area contributed by atoms with E-state index < -0.39 is 0 Å². The van der Waals surface area contributed by atoms with Crippen molar-refractivity contribution in [2.24, 2.45) is 5.73 Å². The number of hydrogen-bond donors (Lipinski definition) is 1. The molecule has 0 radical (unpaired) electrons. The quantitative estimate of drug-likeness (QED) is 0.703. The summed E-state index contributed by atoms with van der Waals surface area (Å²) in [6.45, 7) is 4.25. The lowest BCUT2D eigenvalue weighted by Crippen LogP contribution is -2.43. The fraction of sp³-hybridized carbons (Fsp3) is 0.900. The molecule has 0 aliphatic carbocycles. The van der Waals surface area contributed by atoms with Crippen molar-refractivity contribution in [3.05, 3.63) is 0 Å². The van der Waals surface area contributed by atoms with Crippen LogP contribution in [0.25, 0.3) is 0 Å². The highest BCUT2D eigenvalue weighted by atomic mass is 32.1. The summed E-state index contributed by atoms with van der Waals surface area (Å²) in [5, 5.41) is 0. The third kappa shape index (κ3) is 3.61. The van der Waals surface area contributed by atoms with Crippen LogP contribution >= 0.6 is 12.2 Å². The van der Waals surface area contributed by atoms with Crippen LogP contribution < -0.4 is 5.73 Å². The summed E-state index contributed by atoms with van der Waals surface area (Å²) in [7, 11) is 0. The number of nitrogens with zero attached hydrogens (tertiary/aromatic N) is 1. The molecule has 0 aromatic heterocycles. The molecule has 1 fully saturated rings. The topological polar surface area (TPSA) is 29.3 Å². The molecule has 2 nitrogen and oxygen atoms in total. The highest BCUT2D eigenvalue weighted by molar-refractivity contribution is 7.80. The van der Waals surface area contributed by atoms with Crippen LogP contribution in [-0.4, -0.2) is 29.0 Å². The van der Waals surface area contributed by atoms with Crippen molar-refractivity contribution in [2.45, 2.75) is 45.1 Å². The number of hydrogen-bond acceptors (Lipinski definition) is 2. The largest absolute Gasteiger partial charge is 0.392 e. The molecule has 0 aromatic carbocycles. The van der Waals surface area contributed by atoms with Crippen LogP contribution in [0.2, 0.25) is 0 Å². The van der Waals surface area contributed by atoms with E-state index in [0.717, 1.165) is 12.6 Å². The first-order valence-electron chi connectivity index (χ1n) is 5.26. The van der Waals surface area contributed by atoms with Crippen LogP contribution in [0.3, 0.4) is 0 Å². The molecule has 76 valence electrons. The molecule has 1 rings (SSSR count). The van der Waals surface area contributed by atoms with Gasteiger partial charge in [-0.2, -0.15) is 0 Å². The molecular formula is C10H20N2S. The molecule has 0 spiro atoms. The summed E-state index contributed by atoms with van der Waals surface area (Å²) in [6.07, 6.45) is 6.57. The Morgan fingerprint density at radius 1 is 1.54 bits per heavy atom. The summed E-state index contributed by atoms with van der Waals surface area (Å²) in [5.74, 6) is 0. The van der Waals surface area contributed by atoms with Gasteiger partial charge >= 0.3 is 0 Å². The minimum Gasteiger partial charge on any atom is -0.392 e. The predicted octanol–water partition coefficient (Wildman–Crippen LogP) is 1.93. The van der Waals surface area contributed by atoms with Gasteiger partial charge in [-0.3, -0.25) is 4.90 Å². The Balaban J connectivity index is 2.41. The van der Waals surface area contributed by atoms with E-state index in [1.54, 1.807) is 0 Å². The molecule has 1 aliphatic heterocycles. The molecule has 13 heavy (non-hydrogen) atoms. The van der Waals surface area contributed by atoms with Gasteiger partial charge < -0.3 is 5.73 Å². The molecule has 0 aromatic rings. The van der Waals surface area contributed by atoms with Crippen molar-refractivity contribution >= 4 is 17.2 Å². The zero-order valence-electron chi connectivity index (χ0n) is 8.46. The minimum absolute atomic E-state index is 0.642. The highest BCUT2D eigenvalue weighted by Crippen LogP contribution is 2.20. The summed E-state index contributed by atoms with van der Waals surface area (Å²) in [6, 6.07) is 0.736. The standard InChI is InChI=1S/C10H20N2S/c1-2-5-9-6-3-4-7-12(9)8-10(11)13/h9H,2-8H2,1H3,(H2,11,13). The van der Waals surface area contributed by atoms with E-state index in [1.165, 1.54) is 38.6 Å². The Kier molecular flexibility index (Phi) is 4.67. The van der Waals surface area contributed by atoms with Crippen LogP contribution in [0.1, 0.15) is 39.0 Å². The molecule has 2 N–H and O–H groups in total. The molecule has 1 atom stereocenters. The lowest BCUT2D eigenvalue weighted by molar-refractivity contribution is 0.161. The van der Waals surface area contributed by atoms with Crippen LogP contribution in [0.4, 0.5) is 0 Å². The zero-order chi connectivity index (χ0) is 9.68. The van der Waals surface area contributed by atoms with Crippen LogP contribution in [0.5, 0.6) is 0 Å². The van der Waals surface area contributed by atoms with E-state index in [2.05, 4.69) is 11.8 Å². The minimum atomic E-state index is 0.642. The average Bonchev–Trinajstić information content (AvgIpc) is 2.08. The summed E-state index contributed by atoms with van der Waals surface area (Å²) in [5.41, 5.74) is 5.57. The lowest BCUT2D eigenvalue weighted by atomic mass is 9.98. The summed E-state index contributed by atoms with van der Waals surface area (Å²) < 4.78 is 0.